The van der Waals surface area contributed by atoms with E-state index in [1.54, 1.807) is 24.3 Å². The lowest BCUT2D eigenvalue weighted by atomic mass is 9.97. The van der Waals surface area contributed by atoms with Crippen molar-refractivity contribution in [2.24, 2.45) is 0 Å². The van der Waals surface area contributed by atoms with Gasteiger partial charge in [-0.3, -0.25) is 0 Å². The molecule has 0 spiro atoms. The van der Waals surface area contributed by atoms with Crippen LogP contribution in [0.5, 0.6) is 5.75 Å². The van der Waals surface area contributed by atoms with E-state index < -0.39 is 5.97 Å². The quantitative estimate of drug-likeness (QED) is 0.373. The molecule has 0 radical (unpaired) electrons. The maximum atomic E-state index is 11.7. The number of hydrogen-bond donors (Lipinski definition) is 1. The van der Waals surface area contributed by atoms with Crippen molar-refractivity contribution < 1.29 is 19.2 Å². The van der Waals surface area contributed by atoms with Crippen molar-refractivity contribution >= 4 is 17.6 Å². The predicted molar refractivity (Wildman–Crippen MR) is 120 cm³/mol. The number of halogens is 1. The number of ether oxygens (including phenoxy) is 1. The molecule has 0 amide bonds. The molecule has 0 fully saturated rings. The van der Waals surface area contributed by atoms with Crippen molar-refractivity contribution in [2.75, 3.05) is 0 Å². The second-order valence-electron chi connectivity index (χ2n) is 7.30. The van der Waals surface area contributed by atoms with Crippen molar-refractivity contribution in [1.29, 1.82) is 0 Å². The molecule has 1 aromatic heterocycles. The number of benzene rings is 3. The Morgan fingerprint density at radius 2 is 1.74 bits per heavy atom. The van der Waals surface area contributed by atoms with Gasteiger partial charge in [0.25, 0.3) is 0 Å². The van der Waals surface area contributed by atoms with Gasteiger partial charge in [0, 0.05) is 10.6 Å². The molecule has 0 saturated carbocycles. The number of nitrogens with zero attached hydrogens (tertiary/aromatic N) is 1. The molecule has 4 rings (SSSR count). The Labute approximate surface area is 184 Å². The molecule has 1 N–H and O–H groups in total. The zero-order valence-corrected chi connectivity index (χ0v) is 17.8. The van der Waals surface area contributed by atoms with Gasteiger partial charge < -0.3 is 14.4 Å². The highest BCUT2D eigenvalue weighted by molar-refractivity contribution is 6.30. The van der Waals surface area contributed by atoms with Crippen molar-refractivity contribution in [3.63, 3.8) is 0 Å². The molecule has 6 heteroatoms. The molecular weight excluding hydrogens is 414 g/mol. The third kappa shape index (κ3) is 4.47. The number of rotatable bonds is 6. The Hall–Kier alpha value is -3.57. The van der Waals surface area contributed by atoms with Gasteiger partial charge in [-0.15, -0.1) is 0 Å². The molecule has 0 aliphatic heterocycles. The maximum absolute atomic E-state index is 11.7. The molecule has 4 aromatic rings. The van der Waals surface area contributed by atoms with E-state index in [1.165, 1.54) is 5.56 Å². The smallest absolute Gasteiger partial charge is 0.358 e. The molecule has 1 heterocycles. The van der Waals surface area contributed by atoms with E-state index in [-0.39, 0.29) is 5.69 Å². The largest absolute Gasteiger partial charge is 0.489 e. The van der Waals surface area contributed by atoms with E-state index in [1.807, 2.05) is 44.2 Å². The average molecular weight is 434 g/mol. The summed E-state index contributed by atoms with van der Waals surface area (Å²) < 4.78 is 11.4. The maximum Gasteiger partial charge on any atom is 0.358 e. The summed E-state index contributed by atoms with van der Waals surface area (Å²) in [5, 5.41) is 13.9. The van der Waals surface area contributed by atoms with Crippen LogP contribution < -0.4 is 4.74 Å². The summed E-state index contributed by atoms with van der Waals surface area (Å²) in [6.07, 6.45) is 0. The van der Waals surface area contributed by atoms with E-state index in [9.17, 15) is 9.90 Å². The first-order valence-corrected chi connectivity index (χ1v) is 10.1. The normalized spacial score (nSPS) is 10.8. The third-order valence-electron chi connectivity index (χ3n) is 5.00. The molecule has 0 aliphatic carbocycles. The first kappa shape index (κ1) is 20.7. The van der Waals surface area contributed by atoms with Crippen LogP contribution in [-0.2, 0) is 6.61 Å². The Morgan fingerprint density at radius 1 is 1.03 bits per heavy atom. The lowest BCUT2D eigenvalue weighted by Gasteiger charge is -2.10. The van der Waals surface area contributed by atoms with Gasteiger partial charge in [0.2, 0.25) is 0 Å². The molecule has 0 bridgehead atoms. The summed E-state index contributed by atoms with van der Waals surface area (Å²) in [6.45, 7) is 4.42. The molecule has 0 unspecified atom stereocenters. The molecule has 3 aromatic carbocycles. The summed E-state index contributed by atoms with van der Waals surface area (Å²) in [5.74, 6) is -0.0502. The van der Waals surface area contributed by atoms with E-state index in [0.717, 1.165) is 16.7 Å². The summed E-state index contributed by atoms with van der Waals surface area (Å²) in [6, 6.07) is 20.7. The van der Waals surface area contributed by atoms with Crippen molar-refractivity contribution in [3.05, 3.63) is 94.1 Å². The summed E-state index contributed by atoms with van der Waals surface area (Å²) in [7, 11) is 0. The van der Waals surface area contributed by atoms with Crippen LogP contribution in [0.3, 0.4) is 0 Å². The van der Waals surface area contributed by atoms with Gasteiger partial charge >= 0.3 is 5.97 Å². The highest BCUT2D eigenvalue weighted by atomic mass is 35.5. The molecule has 156 valence electrons. The Morgan fingerprint density at radius 3 is 2.39 bits per heavy atom. The molecule has 5 nitrogen and oxygen atoms in total. The number of aryl methyl sites for hydroxylation is 2. The minimum atomic E-state index is -1.16. The van der Waals surface area contributed by atoms with E-state index in [0.29, 0.717) is 34.3 Å². The van der Waals surface area contributed by atoms with E-state index >= 15 is 0 Å². The van der Waals surface area contributed by atoms with Crippen LogP contribution in [-0.4, -0.2) is 16.2 Å². The summed E-state index contributed by atoms with van der Waals surface area (Å²) >= 11 is 5.99. The van der Waals surface area contributed by atoms with Crippen LogP contribution in [0.25, 0.3) is 22.5 Å². The third-order valence-corrected chi connectivity index (χ3v) is 5.25. The zero-order chi connectivity index (χ0) is 22.0. The Balaban J connectivity index is 1.66. The van der Waals surface area contributed by atoms with E-state index in [2.05, 4.69) is 17.3 Å². The van der Waals surface area contributed by atoms with Gasteiger partial charge in [0.15, 0.2) is 11.5 Å². The molecule has 0 aliphatic rings. The summed E-state index contributed by atoms with van der Waals surface area (Å²) in [5.41, 5.74) is 4.85. The van der Waals surface area contributed by atoms with Gasteiger partial charge in [-0.05, 0) is 60.9 Å². The first-order chi connectivity index (χ1) is 14.9. The minimum absolute atomic E-state index is 0.142. The van der Waals surface area contributed by atoms with Crippen LogP contribution in [0.1, 0.15) is 27.2 Å². The Bertz CT molecular complexity index is 1230. The number of aromatic carboxylic acids is 1. The highest BCUT2D eigenvalue weighted by Crippen LogP contribution is 2.38. The van der Waals surface area contributed by atoms with Crippen LogP contribution in [0.4, 0.5) is 0 Å². The fourth-order valence-corrected chi connectivity index (χ4v) is 3.46. The summed E-state index contributed by atoms with van der Waals surface area (Å²) in [4.78, 5) is 11.7. The average Bonchev–Trinajstić information content (AvgIpc) is 3.19. The van der Waals surface area contributed by atoms with Crippen LogP contribution in [0.2, 0.25) is 5.02 Å². The highest BCUT2D eigenvalue weighted by Gasteiger charge is 2.25. The topological polar surface area (TPSA) is 72.6 Å². The van der Waals surface area contributed by atoms with Gasteiger partial charge in [-0.2, -0.15) is 0 Å². The van der Waals surface area contributed by atoms with Gasteiger partial charge in [0.05, 0.1) is 5.56 Å². The molecule has 0 saturated heterocycles. The molecule has 31 heavy (non-hydrogen) atoms. The van der Waals surface area contributed by atoms with E-state index in [4.69, 9.17) is 20.9 Å². The first-order valence-electron chi connectivity index (χ1n) is 9.70. The Kier molecular flexibility index (Phi) is 5.78. The second-order valence-corrected chi connectivity index (χ2v) is 7.73. The zero-order valence-electron chi connectivity index (χ0n) is 17.1. The SMILES string of the molecule is Cc1ccc(COc2ccc(-c3onc(C(=O)O)c3-c3ccc(Cl)cc3)c(C)c2)cc1. The van der Waals surface area contributed by atoms with Gasteiger partial charge in [-0.25, -0.2) is 4.79 Å². The fourth-order valence-electron chi connectivity index (χ4n) is 3.34. The number of hydrogen-bond acceptors (Lipinski definition) is 4. The minimum Gasteiger partial charge on any atom is -0.489 e. The van der Waals surface area contributed by atoms with Crippen LogP contribution >= 0.6 is 11.6 Å². The second kappa shape index (κ2) is 8.66. The van der Waals surface area contributed by atoms with Gasteiger partial charge in [0.1, 0.15) is 12.4 Å². The van der Waals surface area contributed by atoms with Crippen molar-refractivity contribution in [3.8, 4) is 28.2 Å². The van der Waals surface area contributed by atoms with Crippen LogP contribution in [0, 0.1) is 13.8 Å². The monoisotopic (exact) mass is 433 g/mol. The molecule has 0 atom stereocenters. The van der Waals surface area contributed by atoms with Crippen LogP contribution in [0.15, 0.2) is 71.3 Å². The molecular formula is C25H20ClNO4. The number of aromatic nitrogens is 1. The lowest BCUT2D eigenvalue weighted by molar-refractivity contribution is 0.0686. The predicted octanol–water partition coefficient (Wildman–Crippen LogP) is 6.56. The fraction of sp³-hybridized carbons (Fsp3) is 0.120. The van der Waals surface area contributed by atoms with Crippen molar-refractivity contribution in [2.45, 2.75) is 20.5 Å². The number of carboxylic acids is 1. The lowest BCUT2D eigenvalue weighted by Crippen LogP contribution is -1.99. The number of carboxylic acid groups (broad SMARTS) is 1. The number of carbonyl (C=O) groups is 1. The standard InChI is InChI=1S/C25H20ClNO4/c1-15-3-5-17(6-4-15)14-30-20-11-12-21(16(2)13-20)24-22(23(25(28)29)27-31-24)18-7-9-19(26)10-8-18/h3-13H,14H2,1-2H3,(H,28,29). The van der Waals surface area contributed by atoms with Gasteiger partial charge in [-0.1, -0.05) is 58.7 Å². The van der Waals surface area contributed by atoms with Crippen molar-refractivity contribution in [1.82, 2.24) is 5.16 Å².